The Morgan fingerprint density at radius 2 is 1.68 bits per heavy atom. The summed E-state index contributed by atoms with van der Waals surface area (Å²) in [6.45, 7) is -0.183. The van der Waals surface area contributed by atoms with Crippen molar-refractivity contribution in [3.05, 3.63) is 106 Å². The molecule has 0 aliphatic carbocycles. The number of rotatable bonds is 6. The highest BCUT2D eigenvalue weighted by Gasteiger charge is 2.25. The van der Waals surface area contributed by atoms with Crippen LogP contribution in [0.5, 0.6) is 11.5 Å². The molecule has 6 heteroatoms. The number of fused-ring (bicyclic) bond motifs is 1. The molecule has 0 bridgehead atoms. The van der Waals surface area contributed by atoms with E-state index in [0.29, 0.717) is 26.9 Å². The fourth-order valence-corrected chi connectivity index (χ4v) is 4.01. The summed E-state index contributed by atoms with van der Waals surface area (Å²) in [7, 11) is 0. The van der Waals surface area contributed by atoms with E-state index in [4.69, 9.17) is 27.9 Å². The van der Waals surface area contributed by atoms with E-state index in [2.05, 4.69) is 5.32 Å². The Hall–Kier alpha value is -3.21. The monoisotopic (exact) mass is 451 g/mol. The molecule has 1 unspecified atom stereocenters. The third kappa shape index (κ3) is 4.76. The van der Waals surface area contributed by atoms with Crippen molar-refractivity contribution in [2.75, 3.05) is 6.61 Å². The van der Waals surface area contributed by atoms with Crippen LogP contribution in [-0.2, 0) is 4.79 Å². The molecule has 0 aromatic heterocycles. The fraction of sp³-hybridized carbons (Fsp3) is 0.0800. The summed E-state index contributed by atoms with van der Waals surface area (Å²) in [4.78, 5) is 12.8. The zero-order valence-corrected chi connectivity index (χ0v) is 17.9. The molecule has 0 spiro atoms. The summed E-state index contributed by atoms with van der Waals surface area (Å²) in [5.41, 5.74) is 1.17. The number of carbonyl (C=O) groups excluding carboxylic acids is 1. The van der Waals surface area contributed by atoms with Gasteiger partial charge < -0.3 is 15.2 Å². The number of aromatic hydroxyl groups is 1. The highest BCUT2D eigenvalue weighted by Crippen LogP contribution is 2.38. The molecule has 0 heterocycles. The number of phenols is 1. The Labute approximate surface area is 190 Å². The van der Waals surface area contributed by atoms with Crippen LogP contribution in [0.3, 0.4) is 0 Å². The van der Waals surface area contributed by atoms with E-state index in [1.165, 1.54) is 0 Å². The fourth-order valence-electron chi connectivity index (χ4n) is 3.50. The highest BCUT2D eigenvalue weighted by molar-refractivity contribution is 6.35. The van der Waals surface area contributed by atoms with Crippen LogP contribution in [0.25, 0.3) is 10.8 Å². The van der Waals surface area contributed by atoms with Crippen molar-refractivity contribution < 1.29 is 14.6 Å². The number of nitrogens with one attached hydrogen (secondary N) is 1. The number of benzene rings is 4. The number of ether oxygens (including phenoxy) is 1. The first-order valence-corrected chi connectivity index (χ1v) is 10.4. The predicted molar refractivity (Wildman–Crippen MR) is 124 cm³/mol. The quantitative estimate of drug-likeness (QED) is 0.370. The molecule has 1 atom stereocenters. The molecule has 2 N–H and O–H groups in total. The van der Waals surface area contributed by atoms with Gasteiger partial charge in [-0.1, -0.05) is 77.8 Å². The first kappa shape index (κ1) is 21.0. The lowest BCUT2D eigenvalue weighted by Gasteiger charge is -2.23. The van der Waals surface area contributed by atoms with Crippen molar-refractivity contribution in [3.63, 3.8) is 0 Å². The lowest BCUT2D eigenvalue weighted by atomic mass is 9.92. The van der Waals surface area contributed by atoms with Gasteiger partial charge in [0.2, 0.25) is 0 Å². The average molecular weight is 452 g/mol. The molecule has 0 aliphatic heterocycles. The maximum Gasteiger partial charge on any atom is 0.258 e. The number of halogens is 2. The zero-order chi connectivity index (χ0) is 21.8. The van der Waals surface area contributed by atoms with Gasteiger partial charge in [-0.2, -0.15) is 0 Å². The van der Waals surface area contributed by atoms with E-state index in [1.807, 2.05) is 48.5 Å². The molecule has 4 aromatic carbocycles. The number of para-hydroxylation sites is 1. The normalized spacial score (nSPS) is 11.8. The molecule has 0 fully saturated rings. The van der Waals surface area contributed by atoms with Crippen molar-refractivity contribution in [2.24, 2.45) is 0 Å². The van der Waals surface area contributed by atoms with Gasteiger partial charge in [0.25, 0.3) is 5.91 Å². The van der Waals surface area contributed by atoms with Gasteiger partial charge in [-0.15, -0.1) is 0 Å². The SMILES string of the molecule is O=C(COc1ccccc1)NC(c1ccc(Cl)cc1Cl)c1c(O)ccc2ccccc12. The molecule has 4 rings (SSSR count). The maximum atomic E-state index is 12.8. The number of carbonyl (C=O) groups is 1. The van der Waals surface area contributed by atoms with Gasteiger partial charge in [0.15, 0.2) is 6.61 Å². The van der Waals surface area contributed by atoms with E-state index < -0.39 is 6.04 Å². The van der Waals surface area contributed by atoms with Gasteiger partial charge in [0.05, 0.1) is 6.04 Å². The smallest absolute Gasteiger partial charge is 0.258 e. The predicted octanol–water partition coefficient (Wildman–Crippen LogP) is 6.14. The molecule has 0 aliphatic rings. The van der Waals surface area contributed by atoms with Crippen molar-refractivity contribution in [1.29, 1.82) is 0 Å². The second-order valence-electron chi connectivity index (χ2n) is 6.99. The lowest BCUT2D eigenvalue weighted by molar-refractivity contribution is -0.123. The number of hydrogen-bond donors (Lipinski definition) is 2. The molecular weight excluding hydrogens is 433 g/mol. The largest absolute Gasteiger partial charge is 0.508 e. The second kappa shape index (κ2) is 9.29. The summed E-state index contributed by atoms with van der Waals surface area (Å²) in [5, 5.41) is 16.3. The molecule has 4 aromatic rings. The Bertz CT molecular complexity index is 1230. The molecule has 156 valence electrons. The van der Waals surface area contributed by atoms with Crippen LogP contribution < -0.4 is 10.1 Å². The Kier molecular flexibility index (Phi) is 6.31. The molecule has 0 radical (unpaired) electrons. The first-order chi connectivity index (χ1) is 15.0. The van der Waals surface area contributed by atoms with Crippen LogP contribution in [0.4, 0.5) is 0 Å². The minimum Gasteiger partial charge on any atom is -0.508 e. The summed E-state index contributed by atoms with van der Waals surface area (Å²) in [5.74, 6) is 0.290. The summed E-state index contributed by atoms with van der Waals surface area (Å²) in [6.07, 6.45) is 0. The van der Waals surface area contributed by atoms with Crippen molar-refractivity contribution in [2.45, 2.75) is 6.04 Å². The molecule has 4 nitrogen and oxygen atoms in total. The summed E-state index contributed by atoms with van der Waals surface area (Å²) < 4.78 is 5.58. The van der Waals surface area contributed by atoms with E-state index in [9.17, 15) is 9.90 Å². The standard InChI is InChI=1S/C25H19Cl2NO3/c26-17-11-12-20(21(27)14-17)25(28-23(30)15-31-18-7-2-1-3-8-18)24-19-9-5-4-6-16(19)10-13-22(24)29/h1-14,25,29H,15H2,(H,28,30). The van der Waals surface area contributed by atoms with Crippen LogP contribution in [0, 0.1) is 0 Å². The van der Waals surface area contributed by atoms with Crippen LogP contribution in [0.2, 0.25) is 10.0 Å². The summed E-state index contributed by atoms with van der Waals surface area (Å²) in [6, 6.07) is 24.5. The minimum absolute atomic E-state index is 0.0546. The zero-order valence-electron chi connectivity index (χ0n) is 16.4. The van der Waals surface area contributed by atoms with Gasteiger partial charge in [0, 0.05) is 15.6 Å². The second-order valence-corrected chi connectivity index (χ2v) is 7.83. The van der Waals surface area contributed by atoms with Crippen LogP contribution in [0.15, 0.2) is 84.9 Å². The van der Waals surface area contributed by atoms with Gasteiger partial charge in [-0.05, 0) is 46.7 Å². The first-order valence-electron chi connectivity index (χ1n) is 9.65. The van der Waals surface area contributed by atoms with E-state index in [0.717, 1.165) is 10.8 Å². The molecule has 0 saturated heterocycles. The van der Waals surface area contributed by atoms with Crippen molar-refractivity contribution in [3.8, 4) is 11.5 Å². The van der Waals surface area contributed by atoms with Crippen molar-refractivity contribution >= 4 is 39.9 Å². The third-order valence-electron chi connectivity index (χ3n) is 4.93. The number of amides is 1. The lowest BCUT2D eigenvalue weighted by Crippen LogP contribution is -2.33. The van der Waals surface area contributed by atoms with E-state index in [1.54, 1.807) is 36.4 Å². The Morgan fingerprint density at radius 3 is 2.45 bits per heavy atom. The maximum absolute atomic E-state index is 12.8. The highest BCUT2D eigenvalue weighted by atomic mass is 35.5. The number of hydrogen-bond acceptors (Lipinski definition) is 3. The van der Waals surface area contributed by atoms with Crippen LogP contribution in [-0.4, -0.2) is 17.6 Å². The van der Waals surface area contributed by atoms with E-state index >= 15 is 0 Å². The summed E-state index contributed by atoms with van der Waals surface area (Å²) >= 11 is 12.6. The third-order valence-corrected chi connectivity index (χ3v) is 5.49. The van der Waals surface area contributed by atoms with Crippen LogP contribution >= 0.6 is 23.2 Å². The van der Waals surface area contributed by atoms with Gasteiger partial charge >= 0.3 is 0 Å². The van der Waals surface area contributed by atoms with Crippen molar-refractivity contribution in [1.82, 2.24) is 5.32 Å². The molecule has 1 amide bonds. The topological polar surface area (TPSA) is 58.6 Å². The van der Waals surface area contributed by atoms with Gasteiger partial charge in [-0.25, -0.2) is 0 Å². The molecular formula is C25H19Cl2NO3. The van der Waals surface area contributed by atoms with Gasteiger partial charge in [0.1, 0.15) is 11.5 Å². The Morgan fingerprint density at radius 1 is 0.935 bits per heavy atom. The molecule has 0 saturated carbocycles. The number of phenolic OH excluding ortho intramolecular Hbond substituents is 1. The van der Waals surface area contributed by atoms with E-state index in [-0.39, 0.29) is 18.3 Å². The van der Waals surface area contributed by atoms with Gasteiger partial charge in [-0.3, -0.25) is 4.79 Å². The minimum atomic E-state index is -0.706. The van der Waals surface area contributed by atoms with Crippen LogP contribution in [0.1, 0.15) is 17.2 Å². The average Bonchev–Trinajstić information content (AvgIpc) is 2.77. The Balaban J connectivity index is 1.72. The molecule has 31 heavy (non-hydrogen) atoms.